The first-order valence-electron chi connectivity index (χ1n) is 12.1. The van der Waals surface area contributed by atoms with Crippen molar-refractivity contribution < 1.29 is 9.53 Å². The van der Waals surface area contributed by atoms with Gasteiger partial charge in [-0.15, -0.1) is 0 Å². The molecular formula is C27H34N4O2. The molecule has 2 N–H and O–H groups in total. The summed E-state index contributed by atoms with van der Waals surface area (Å²) in [4.78, 5) is 21.0. The average molecular weight is 447 g/mol. The van der Waals surface area contributed by atoms with E-state index in [1.165, 1.54) is 43.3 Å². The predicted octanol–water partition coefficient (Wildman–Crippen LogP) is 4.39. The van der Waals surface area contributed by atoms with Gasteiger partial charge in [0.25, 0.3) is 5.91 Å². The molecule has 0 aliphatic carbocycles. The number of fused-ring (bicyclic) bond motifs is 2. The van der Waals surface area contributed by atoms with Crippen molar-refractivity contribution in [1.29, 1.82) is 0 Å². The van der Waals surface area contributed by atoms with Crippen LogP contribution in [0.4, 0.5) is 0 Å². The fourth-order valence-electron chi connectivity index (χ4n) is 5.04. The van der Waals surface area contributed by atoms with E-state index < -0.39 is 0 Å². The Kier molecular flexibility index (Phi) is 6.38. The smallest absolute Gasteiger partial charge is 0.252 e. The maximum Gasteiger partial charge on any atom is 0.252 e. The predicted molar refractivity (Wildman–Crippen MR) is 133 cm³/mol. The van der Waals surface area contributed by atoms with E-state index in [4.69, 9.17) is 4.74 Å². The number of carbonyl (C=O) groups excluding carboxylic acids is 1. The molecule has 0 bridgehead atoms. The van der Waals surface area contributed by atoms with Gasteiger partial charge in [-0.25, -0.2) is 0 Å². The molecule has 1 aromatic heterocycles. The van der Waals surface area contributed by atoms with E-state index in [2.05, 4.69) is 58.5 Å². The summed E-state index contributed by atoms with van der Waals surface area (Å²) >= 11 is 0. The molecule has 1 saturated heterocycles. The lowest BCUT2D eigenvalue weighted by atomic mass is 9.99. The third-order valence-corrected chi connectivity index (χ3v) is 6.76. The summed E-state index contributed by atoms with van der Waals surface area (Å²) in [6, 6.07) is 12.9. The number of piperidine rings is 1. The third kappa shape index (κ3) is 4.77. The van der Waals surface area contributed by atoms with Crippen molar-refractivity contribution in [3.8, 4) is 17.0 Å². The number of benzene rings is 2. The Morgan fingerprint density at radius 3 is 2.73 bits per heavy atom. The van der Waals surface area contributed by atoms with Crippen molar-refractivity contribution in [2.24, 2.45) is 0 Å². The van der Waals surface area contributed by atoms with Crippen molar-refractivity contribution in [1.82, 2.24) is 20.1 Å². The number of aromatic nitrogens is 1. The molecule has 0 radical (unpaired) electrons. The fraction of sp³-hybridized carbons (Fsp3) is 0.444. The second-order valence-electron chi connectivity index (χ2n) is 9.59. The summed E-state index contributed by atoms with van der Waals surface area (Å²) in [5.41, 5.74) is 6.07. The van der Waals surface area contributed by atoms with Crippen LogP contribution in [-0.4, -0.2) is 61.0 Å². The zero-order chi connectivity index (χ0) is 22.8. The lowest BCUT2D eigenvalue weighted by Gasteiger charge is -2.26. The van der Waals surface area contributed by atoms with Crippen LogP contribution >= 0.6 is 0 Å². The number of rotatable bonds is 8. The molecule has 1 amide bonds. The van der Waals surface area contributed by atoms with Crippen molar-refractivity contribution in [3.05, 3.63) is 53.1 Å². The van der Waals surface area contributed by atoms with Gasteiger partial charge < -0.3 is 19.9 Å². The molecule has 0 atom stereocenters. The highest BCUT2D eigenvalue weighted by atomic mass is 16.5. The van der Waals surface area contributed by atoms with Gasteiger partial charge in [0.15, 0.2) is 0 Å². The van der Waals surface area contributed by atoms with Gasteiger partial charge in [0.1, 0.15) is 5.75 Å². The van der Waals surface area contributed by atoms with Crippen LogP contribution in [0.2, 0.25) is 0 Å². The lowest BCUT2D eigenvalue weighted by molar-refractivity contribution is 0.0966. The summed E-state index contributed by atoms with van der Waals surface area (Å²) < 4.78 is 6.05. The number of amides is 1. The molecule has 33 heavy (non-hydrogen) atoms. The number of nitrogens with zero attached hydrogens (tertiary/aromatic N) is 2. The molecule has 3 aromatic rings. The van der Waals surface area contributed by atoms with Gasteiger partial charge in [-0.05, 0) is 82.3 Å². The molecule has 2 aromatic carbocycles. The molecule has 0 saturated carbocycles. The number of hydrogen-bond acceptors (Lipinski definition) is 4. The van der Waals surface area contributed by atoms with E-state index in [-0.39, 0.29) is 5.91 Å². The van der Waals surface area contributed by atoms with E-state index >= 15 is 0 Å². The fourth-order valence-corrected chi connectivity index (χ4v) is 5.04. The van der Waals surface area contributed by atoms with Crippen LogP contribution in [0.1, 0.15) is 47.2 Å². The van der Waals surface area contributed by atoms with Crippen LogP contribution in [0, 0.1) is 0 Å². The minimum Gasteiger partial charge on any atom is -0.493 e. The van der Waals surface area contributed by atoms with Crippen molar-refractivity contribution >= 4 is 16.8 Å². The van der Waals surface area contributed by atoms with Gasteiger partial charge in [0.05, 0.1) is 12.2 Å². The normalized spacial score (nSPS) is 16.4. The highest BCUT2D eigenvalue weighted by molar-refractivity contribution is 6.05. The number of ether oxygens (including phenoxy) is 1. The third-order valence-electron chi connectivity index (χ3n) is 6.76. The first-order valence-corrected chi connectivity index (χ1v) is 12.1. The molecule has 5 rings (SSSR count). The van der Waals surface area contributed by atoms with Gasteiger partial charge in [-0.1, -0.05) is 12.5 Å². The van der Waals surface area contributed by atoms with Crippen molar-refractivity contribution in [2.75, 3.05) is 40.3 Å². The van der Waals surface area contributed by atoms with Gasteiger partial charge in [-0.2, -0.15) is 0 Å². The van der Waals surface area contributed by atoms with E-state index in [1.54, 1.807) is 0 Å². The van der Waals surface area contributed by atoms with Crippen molar-refractivity contribution in [2.45, 2.75) is 38.8 Å². The molecule has 3 heterocycles. The molecule has 0 unspecified atom stereocenters. The zero-order valence-corrected chi connectivity index (χ0v) is 19.7. The summed E-state index contributed by atoms with van der Waals surface area (Å²) in [6.45, 7) is 5.54. The Balaban J connectivity index is 1.39. The Morgan fingerprint density at radius 1 is 1.06 bits per heavy atom. The maximum atomic E-state index is 12.7. The van der Waals surface area contributed by atoms with Crippen molar-refractivity contribution in [3.63, 3.8) is 0 Å². The molecule has 6 nitrogen and oxygen atoms in total. The highest BCUT2D eigenvalue weighted by Crippen LogP contribution is 2.36. The van der Waals surface area contributed by atoms with E-state index in [9.17, 15) is 4.79 Å². The molecule has 1 fully saturated rings. The van der Waals surface area contributed by atoms with Crippen LogP contribution in [0.5, 0.6) is 5.75 Å². The van der Waals surface area contributed by atoms with E-state index in [0.29, 0.717) is 13.2 Å². The van der Waals surface area contributed by atoms with Crippen LogP contribution < -0.4 is 10.1 Å². The van der Waals surface area contributed by atoms with E-state index in [0.717, 1.165) is 53.2 Å². The molecule has 0 spiro atoms. The van der Waals surface area contributed by atoms with Gasteiger partial charge in [0.2, 0.25) is 0 Å². The molecule has 2 aliphatic heterocycles. The van der Waals surface area contributed by atoms with Gasteiger partial charge >= 0.3 is 0 Å². The highest BCUT2D eigenvalue weighted by Gasteiger charge is 2.27. The maximum absolute atomic E-state index is 12.7. The van der Waals surface area contributed by atoms with Crippen LogP contribution in [0.15, 0.2) is 36.4 Å². The quantitative estimate of drug-likeness (QED) is 0.504. The Morgan fingerprint density at radius 2 is 1.91 bits per heavy atom. The zero-order valence-electron chi connectivity index (χ0n) is 19.7. The Labute approximate surface area is 195 Å². The monoisotopic (exact) mass is 446 g/mol. The number of aromatic amines is 1. The molecular weight excluding hydrogens is 412 g/mol. The molecule has 6 heteroatoms. The topological polar surface area (TPSA) is 60.6 Å². The summed E-state index contributed by atoms with van der Waals surface area (Å²) in [7, 11) is 4.12. The SMILES string of the molecule is CN(C)CCCOc1ccc(-c2cc3cc(CN4CCCCC4)ccc3[nH]2)c2c1CNC2=O. The van der Waals surface area contributed by atoms with Gasteiger partial charge in [0, 0.05) is 47.4 Å². The first kappa shape index (κ1) is 22.0. The number of hydrogen-bond donors (Lipinski definition) is 2. The number of carbonyl (C=O) groups is 1. The average Bonchev–Trinajstić information content (AvgIpc) is 3.41. The Hall–Kier alpha value is -2.83. The largest absolute Gasteiger partial charge is 0.493 e. The number of nitrogens with one attached hydrogen (secondary N) is 2. The first-order chi connectivity index (χ1) is 16.1. The lowest BCUT2D eigenvalue weighted by Crippen LogP contribution is -2.28. The van der Waals surface area contributed by atoms with Gasteiger partial charge in [-0.3, -0.25) is 9.69 Å². The van der Waals surface area contributed by atoms with Crippen LogP contribution in [0.3, 0.4) is 0 Å². The standard InChI is InChI=1S/C27H34N4O2/c1-30(2)11-6-14-33-25-10-8-21(26-22(25)17-28-27(26)32)24-16-20-15-19(7-9-23(20)29-24)18-31-12-4-3-5-13-31/h7-10,15-16,29H,3-6,11-14,17-18H2,1-2H3,(H,28,32). The minimum atomic E-state index is -0.0248. The van der Waals surface area contributed by atoms with Crippen LogP contribution in [-0.2, 0) is 13.1 Å². The summed E-state index contributed by atoms with van der Waals surface area (Å²) in [6.07, 6.45) is 4.92. The minimum absolute atomic E-state index is 0.0248. The Bertz CT molecular complexity index is 1140. The second kappa shape index (κ2) is 9.57. The molecule has 2 aliphatic rings. The summed E-state index contributed by atoms with van der Waals surface area (Å²) in [5.74, 6) is 0.786. The van der Waals surface area contributed by atoms with Crippen LogP contribution in [0.25, 0.3) is 22.2 Å². The second-order valence-corrected chi connectivity index (χ2v) is 9.59. The van der Waals surface area contributed by atoms with E-state index in [1.807, 2.05) is 12.1 Å². The number of H-pyrrole nitrogens is 1. The molecule has 174 valence electrons. The number of likely N-dealkylation sites (tertiary alicyclic amines) is 1. The summed E-state index contributed by atoms with van der Waals surface area (Å²) in [5, 5.41) is 4.18.